The van der Waals surface area contributed by atoms with E-state index in [0.29, 0.717) is 6.54 Å². The Balaban J connectivity index is 1.32. The number of anilines is 1. The van der Waals surface area contributed by atoms with Crippen molar-refractivity contribution in [2.75, 3.05) is 4.90 Å². The number of hydrogen-bond acceptors (Lipinski definition) is 2. The lowest BCUT2D eigenvalue weighted by atomic mass is 10.00. The van der Waals surface area contributed by atoms with Crippen molar-refractivity contribution in [3.8, 4) is 0 Å². The molecule has 0 aliphatic rings. The summed E-state index contributed by atoms with van der Waals surface area (Å²) in [6.07, 6.45) is 0. The van der Waals surface area contributed by atoms with Crippen LogP contribution in [0.2, 0.25) is 0 Å². The van der Waals surface area contributed by atoms with Crippen LogP contribution in [0.5, 0.6) is 0 Å². The summed E-state index contributed by atoms with van der Waals surface area (Å²) in [5.41, 5.74) is 5.48. The van der Waals surface area contributed by atoms with Gasteiger partial charge in [0.05, 0.1) is 12.6 Å². The van der Waals surface area contributed by atoms with Crippen molar-refractivity contribution in [1.82, 2.24) is 10.6 Å². The Bertz CT molecular complexity index is 1460. The molecule has 4 heteroatoms. The van der Waals surface area contributed by atoms with E-state index in [-0.39, 0.29) is 12.1 Å². The molecular formula is C34H33N3O. The minimum atomic E-state index is -0.145. The van der Waals surface area contributed by atoms with Gasteiger partial charge in [0.1, 0.15) is 0 Å². The highest BCUT2D eigenvalue weighted by molar-refractivity contribution is 5.93. The van der Waals surface area contributed by atoms with Crippen LogP contribution >= 0.6 is 0 Å². The standard InChI is InChI=1S/C34H33N3O/c1-26(32-18-10-16-30-15-8-9-17-33(30)32)36-34(38)37(25-29-13-6-3-7-14-29)31-21-19-28(20-22-31)24-35-23-27-11-4-2-5-12-27/h2-22,26,35H,23-25H2,1H3,(H,36,38). The Labute approximate surface area is 224 Å². The summed E-state index contributed by atoms with van der Waals surface area (Å²) < 4.78 is 0. The smallest absolute Gasteiger partial charge is 0.322 e. The molecule has 1 unspecified atom stereocenters. The molecule has 5 aromatic carbocycles. The fraction of sp³-hybridized carbons (Fsp3) is 0.147. The van der Waals surface area contributed by atoms with Crippen molar-refractivity contribution in [1.29, 1.82) is 0 Å². The summed E-state index contributed by atoms with van der Waals surface area (Å²) in [5.74, 6) is 0. The number of amides is 2. The first-order chi connectivity index (χ1) is 18.7. The zero-order valence-corrected chi connectivity index (χ0v) is 21.7. The molecule has 5 aromatic rings. The van der Waals surface area contributed by atoms with Crippen LogP contribution in [-0.4, -0.2) is 6.03 Å². The molecule has 0 fully saturated rings. The third-order valence-electron chi connectivity index (χ3n) is 6.81. The van der Waals surface area contributed by atoms with Crippen molar-refractivity contribution in [3.05, 3.63) is 150 Å². The number of hydrogen-bond donors (Lipinski definition) is 2. The van der Waals surface area contributed by atoms with Gasteiger partial charge in [-0.3, -0.25) is 4.90 Å². The quantitative estimate of drug-likeness (QED) is 0.219. The number of nitrogens with one attached hydrogen (secondary N) is 2. The molecule has 0 heterocycles. The van der Waals surface area contributed by atoms with Crippen molar-refractivity contribution >= 4 is 22.5 Å². The number of carbonyl (C=O) groups is 1. The maximum absolute atomic E-state index is 13.7. The molecule has 2 N–H and O–H groups in total. The summed E-state index contributed by atoms with van der Waals surface area (Å²) in [6, 6.07) is 43.0. The van der Waals surface area contributed by atoms with Gasteiger partial charge in [0.15, 0.2) is 0 Å². The molecule has 0 saturated heterocycles. The molecular weight excluding hydrogens is 466 g/mol. The second kappa shape index (κ2) is 12.2. The zero-order chi connectivity index (χ0) is 26.2. The molecule has 5 rings (SSSR count). The van der Waals surface area contributed by atoms with E-state index in [4.69, 9.17) is 0 Å². The van der Waals surface area contributed by atoms with Crippen LogP contribution in [0.25, 0.3) is 10.8 Å². The number of urea groups is 1. The largest absolute Gasteiger partial charge is 0.331 e. The first-order valence-electron chi connectivity index (χ1n) is 13.1. The van der Waals surface area contributed by atoms with E-state index in [0.717, 1.165) is 35.3 Å². The molecule has 2 amide bonds. The zero-order valence-electron chi connectivity index (χ0n) is 21.7. The van der Waals surface area contributed by atoms with Crippen LogP contribution in [-0.2, 0) is 19.6 Å². The van der Waals surface area contributed by atoms with Gasteiger partial charge < -0.3 is 10.6 Å². The number of carbonyl (C=O) groups excluding carboxylic acids is 1. The summed E-state index contributed by atoms with van der Waals surface area (Å²) >= 11 is 0. The summed E-state index contributed by atoms with van der Waals surface area (Å²) in [6.45, 7) is 4.11. The second-order valence-electron chi connectivity index (χ2n) is 9.57. The first kappa shape index (κ1) is 25.2. The number of fused-ring (bicyclic) bond motifs is 1. The predicted molar refractivity (Wildman–Crippen MR) is 157 cm³/mol. The van der Waals surface area contributed by atoms with E-state index in [1.807, 2.05) is 66.4 Å². The van der Waals surface area contributed by atoms with Gasteiger partial charge in [0.25, 0.3) is 0 Å². The van der Waals surface area contributed by atoms with E-state index in [1.54, 1.807) is 0 Å². The first-order valence-corrected chi connectivity index (χ1v) is 13.1. The van der Waals surface area contributed by atoms with Crippen LogP contribution in [0.4, 0.5) is 10.5 Å². The highest BCUT2D eigenvalue weighted by Gasteiger charge is 2.20. The molecule has 0 aromatic heterocycles. The van der Waals surface area contributed by atoms with Crippen LogP contribution in [0.1, 0.15) is 35.2 Å². The summed E-state index contributed by atoms with van der Waals surface area (Å²) in [4.78, 5) is 15.5. The lowest BCUT2D eigenvalue weighted by molar-refractivity contribution is 0.243. The Morgan fingerprint density at radius 3 is 1.95 bits per heavy atom. The van der Waals surface area contributed by atoms with Gasteiger partial charge in [-0.05, 0) is 52.1 Å². The van der Waals surface area contributed by atoms with Crippen molar-refractivity contribution in [3.63, 3.8) is 0 Å². The van der Waals surface area contributed by atoms with Gasteiger partial charge in [0, 0.05) is 18.8 Å². The Morgan fingerprint density at radius 1 is 0.658 bits per heavy atom. The van der Waals surface area contributed by atoms with Gasteiger partial charge >= 0.3 is 6.03 Å². The molecule has 4 nitrogen and oxygen atoms in total. The lowest BCUT2D eigenvalue weighted by Crippen LogP contribution is -2.40. The van der Waals surface area contributed by atoms with Gasteiger partial charge in [-0.25, -0.2) is 4.79 Å². The molecule has 0 aliphatic heterocycles. The maximum Gasteiger partial charge on any atom is 0.322 e. The van der Waals surface area contributed by atoms with E-state index in [2.05, 4.69) is 83.4 Å². The van der Waals surface area contributed by atoms with E-state index in [1.165, 1.54) is 16.5 Å². The third kappa shape index (κ3) is 6.28. The van der Waals surface area contributed by atoms with E-state index >= 15 is 0 Å². The SMILES string of the molecule is CC(NC(=O)N(Cc1ccccc1)c1ccc(CNCc2ccccc2)cc1)c1cccc2ccccc12. The van der Waals surface area contributed by atoms with Gasteiger partial charge in [-0.2, -0.15) is 0 Å². The predicted octanol–water partition coefficient (Wildman–Crippen LogP) is 7.61. The molecule has 0 aliphatic carbocycles. The average Bonchev–Trinajstić information content (AvgIpc) is 2.97. The van der Waals surface area contributed by atoms with Crippen LogP contribution in [0.15, 0.2) is 127 Å². The monoisotopic (exact) mass is 499 g/mol. The van der Waals surface area contributed by atoms with Crippen molar-refractivity contribution in [2.24, 2.45) is 0 Å². The van der Waals surface area contributed by atoms with Crippen LogP contribution in [0.3, 0.4) is 0 Å². The fourth-order valence-corrected chi connectivity index (χ4v) is 4.76. The molecule has 38 heavy (non-hydrogen) atoms. The third-order valence-corrected chi connectivity index (χ3v) is 6.81. The average molecular weight is 500 g/mol. The molecule has 190 valence electrons. The Kier molecular flexibility index (Phi) is 8.12. The normalized spacial score (nSPS) is 11.7. The Morgan fingerprint density at radius 2 is 1.24 bits per heavy atom. The van der Waals surface area contributed by atoms with E-state index in [9.17, 15) is 4.79 Å². The highest BCUT2D eigenvalue weighted by Crippen LogP contribution is 2.25. The highest BCUT2D eigenvalue weighted by atomic mass is 16.2. The number of rotatable bonds is 9. The van der Waals surface area contributed by atoms with E-state index < -0.39 is 0 Å². The van der Waals surface area contributed by atoms with Gasteiger partial charge in [0.2, 0.25) is 0 Å². The lowest BCUT2D eigenvalue weighted by Gasteiger charge is -2.26. The molecule has 0 bridgehead atoms. The molecule has 1 atom stereocenters. The Hall–Kier alpha value is -4.41. The van der Waals surface area contributed by atoms with Crippen molar-refractivity contribution in [2.45, 2.75) is 32.6 Å². The number of nitrogens with zero attached hydrogens (tertiary/aromatic N) is 1. The summed E-state index contributed by atoms with van der Waals surface area (Å²) in [7, 11) is 0. The second-order valence-corrected chi connectivity index (χ2v) is 9.57. The minimum absolute atomic E-state index is 0.121. The van der Waals surface area contributed by atoms with Crippen LogP contribution < -0.4 is 15.5 Å². The molecule has 0 radical (unpaired) electrons. The minimum Gasteiger partial charge on any atom is -0.331 e. The molecule has 0 spiro atoms. The number of benzene rings is 5. The van der Waals surface area contributed by atoms with Gasteiger partial charge in [-0.1, -0.05) is 115 Å². The van der Waals surface area contributed by atoms with Crippen molar-refractivity contribution < 1.29 is 4.79 Å². The summed E-state index contributed by atoms with van der Waals surface area (Å²) in [5, 5.41) is 9.07. The maximum atomic E-state index is 13.7. The molecule has 0 saturated carbocycles. The topological polar surface area (TPSA) is 44.4 Å². The van der Waals surface area contributed by atoms with Gasteiger partial charge in [-0.15, -0.1) is 0 Å². The fourth-order valence-electron chi connectivity index (χ4n) is 4.76. The van der Waals surface area contributed by atoms with Crippen LogP contribution in [0, 0.1) is 0 Å².